The lowest BCUT2D eigenvalue weighted by Crippen LogP contribution is -2.37. The van der Waals surface area contributed by atoms with Crippen LogP contribution >= 0.6 is 0 Å². The quantitative estimate of drug-likeness (QED) is 0.871. The first-order valence-corrected chi connectivity index (χ1v) is 7.15. The Bertz CT molecular complexity index is 414. The number of aliphatic hydroxyl groups excluding tert-OH is 1. The Morgan fingerprint density at radius 3 is 2.63 bits per heavy atom. The van der Waals surface area contributed by atoms with Crippen molar-refractivity contribution in [2.24, 2.45) is 0 Å². The van der Waals surface area contributed by atoms with Gasteiger partial charge in [-0.3, -0.25) is 0 Å². The number of hydrogen-bond acceptors (Lipinski definition) is 5. The summed E-state index contributed by atoms with van der Waals surface area (Å²) in [5, 5.41) is 12.9. The molecule has 19 heavy (non-hydrogen) atoms. The second kappa shape index (κ2) is 6.19. The molecular weight excluding hydrogens is 240 g/mol. The van der Waals surface area contributed by atoms with Crippen LogP contribution in [0.2, 0.25) is 0 Å². The molecule has 0 aliphatic carbocycles. The molecule has 0 unspecified atom stereocenters. The maximum Gasteiger partial charge on any atom is 0.137 e. The summed E-state index contributed by atoms with van der Waals surface area (Å²) in [7, 11) is 0. The Labute approximate surface area is 115 Å². The van der Waals surface area contributed by atoms with Crippen molar-refractivity contribution >= 4 is 11.6 Å². The van der Waals surface area contributed by atoms with Gasteiger partial charge >= 0.3 is 0 Å². The van der Waals surface area contributed by atoms with E-state index in [0.717, 1.165) is 44.1 Å². The summed E-state index contributed by atoms with van der Waals surface area (Å²) < 4.78 is 0. The molecule has 1 fully saturated rings. The predicted molar refractivity (Wildman–Crippen MR) is 77.7 cm³/mol. The summed E-state index contributed by atoms with van der Waals surface area (Å²) in [6.07, 6.45) is 3.11. The minimum absolute atomic E-state index is 0.158. The first-order chi connectivity index (χ1) is 9.13. The van der Waals surface area contributed by atoms with Gasteiger partial charge in [0, 0.05) is 25.2 Å². The van der Waals surface area contributed by atoms with Crippen LogP contribution < -0.4 is 10.2 Å². The number of aromatic nitrogens is 2. The SMILES string of the molecule is CCNc1ncnc(N2CCC(O)CC2)c1C(C)C. The highest BCUT2D eigenvalue weighted by molar-refractivity contribution is 5.60. The van der Waals surface area contributed by atoms with Crippen molar-refractivity contribution in [2.45, 2.75) is 45.6 Å². The normalized spacial score (nSPS) is 17.0. The van der Waals surface area contributed by atoms with E-state index in [9.17, 15) is 5.11 Å². The van der Waals surface area contributed by atoms with Crippen molar-refractivity contribution in [3.05, 3.63) is 11.9 Å². The van der Waals surface area contributed by atoms with Crippen LogP contribution in [-0.2, 0) is 0 Å². The number of nitrogens with zero attached hydrogens (tertiary/aromatic N) is 3. The topological polar surface area (TPSA) is 61.3 Å². The van der Waals surface area contributed by atoms with Gasteiger partial charge in [-0.2, -0.15) is 0 Å². The van der Waals surface area contributed by atoms with Crippen molar-refractivity contribution in [3.63, 3.8) is 0 Å². The van der Waals surface area contributed by atoms with Gasteiger partial charge in [-0.25, -0.2) is 9.97 Å². The Kier molecular flexibility index (Phi) is 4.58. The Hall–Kier alpha value is -1.36. The minimum Gasteiger partial charge on any atom is -0.393 e. The highest BCUT2D eigenvalue weighted by atomic mass is 16.3. The van der Waals surface area contributed by atoms with Crippen LogP contribution in [0.25, 0.3) is 0 Å². The summed E-state index contributed by atoms with van der Waals surface area (Å²) in [5.74, 6) is 2.33. The molecule has 2 rings (SSSR count). The first-order valence-electron chi connectivity index (χ1n) is 7.15. The fraction of sp³-hybridized carbons (Fsp3) is 0.714. The van der Waals surface area contributed by atoms with Crippen molar-refractivity contribution in [2.75, 3.05) is 29.9 Å². The molecule has 1 saturated heterocycles. The molecule has 0 atom stereocenters. The summed E-state index contributed by atoms with van der Waals surface area (Å²) in [5.41, 5.74) is 1.18. The van der Waals surface area contributed by atoms with E-state index < -0.39 is 0 Å². The molecule has 106 valence electrons. The lowest BCUT2D eigenvalue weighted by molar-refractivity contribution is 0.145. The molecule has 0 spiro atoms. The van der Waals surface area contributed by atoms with Gasteiger partial charge in [0.25, 0.3) is 0 Å². The summed E-state index contributed by atoms with van der Waals surface area (Å²) >= 11 is 0. The minimum atomic E-state index is -0.158. The van der Waals surface area contributed by atoms with Crippen LogP contribution in [0.3, 0.4) is 0 Å². The zero-order valence-corrected chi connectivity index (χ0v) is 12.1. The first kappa shape index (κ1) is 14.1. The van der Waals surface area contributed by atoms with Crippen molar-refractivity contribution in [3.8, 4) is 0 Å². The third-order valence-corrected chi connectivity index (χ3v) is 3.55. The fourth-order valence-electron chi connectivity index (χ4n) is 2.56. The summed E-state index contributed by atoms with van der Waals surface area (Å²) in [4.78, 5) is 11.1. The van der Waals surface area contributed by atoms with Gasteiger partial charge in [0.2, 0.25) is 0 Å². The van der Waals surface area contributed by atoms with Crippen LogP contribution in [0.15, 0.2) is 6.33 Å². The maximum absolute atomic E-state index is 9.62. The smallest absolute Gasteiger partial charge is 0.137 e. The van der Waals surface area contributed by atoms with Crippen LogP contribution in [0, 0.1) is 0 Å². The lowest BCUT2D eigenvalue weighted by Gasteiger charge is -2.32. The van der Waals surface area contributed by atoms with E-state index >= 15 is 0 Å². The molecule has 0 amide bonds. The van der Waals surface area contributed by atoms with Gasteiger partial charge in [-0.05, 0) is 25.7 Å². The van der Waals surface area contributed by atoms with Crippen LogP contribution in [0.5, 0.6) is 0 Å². The van der Waals surface area contributed by atoms with Gasteiger partial charge in [-0.1, -0.05) is 13.8 Å². The number of piperidine rings is 1. The summed E-state index contributed by atoms with van der Waals surface area (Å²) in [6.45, 7) is 8.99. The predicted octanol–water partition coefficient (Wildman–Crippen LogP) is 1.99. The maximum atomic E-state index is 9.62. The average molecular weight is 264 g/mol. The van der Waals surface area contributed by atoms with Crippen molar-refractivity contribution in [1.82, 2.24) is 9.97 Å². The molecule has 1 aliphatic rings. The average Bonchev–Trinajstić information content (AvgIpc) is 2.39. The van der Waals surface area contributed by atoms with E-state index in [-0.39, 0.29) is 6.10 Å². The highest BCUT2D eigenvalue weighted by Gasteiger charge is 2.23. The van der Waals surface area contributed by atoms with E-state index in [4.69, 9.17) is 0 Å². The number of rotatable bonds is 4. The number of nitrogens with one attached hydrogen (secondary N) is 1. The Morgan fingerprint density at radius 2 is 2.05 bits per heavy atom. The molecule has 1 aromatic heterocycles. The Balaban J connectivity index is 2.30. The zero-order valence-electron chi connectivity index (χ0n) is 12.1. The molecule has 0 aromatic carbocycles. The Morgan fingerprint density at radius 1 is 1.37 bits per heavy atom. The fourth-order valence-corrected chi connectivity index (χ4v) is 2.56. The molecule has 5 nitrogen and oxygen atoms in total. The second-order valence-electron chi connectivity index (χ2n) is 5.36. The molecule has 0 saturated carbocycles. The van der Waals surface area contributed by atoms with Crippen molar-refractivity contribution < 1.29 is 5.11 Å². The monoisotopic (exact) mass is 264 g/mol. The van der Waals surface area contributed by atoms with Crippen LogP contribution in [0.4, 0.5) is 11.6 Å². The van der Waals surface area contributed by atoms with Gasteiger partial charge in [-0.15, -0.1) is 0 Å². The second-order valence-corrected chi connectivity index (χ2v) is 5.36. The zero-order chi connectivity index (χ0) is 13.8. The molecule has 5 heteroatoms. The number of anilines is 2. The highest BCUT2D eigenvalue weighted by Crippen LogP contribution is 2.32. The lowest BCUT2D eigenvalue weighted by atomic mass is 10.0. The molecular formula is C14H24N4O. The van der Waals surface area contributed by atoms with Gasteiger partial charge in [0.05, 0.1) is 6.10 Å². The van der Waals surface area contributed by atoms with E-state index in [1.165, 1.54) is 5.56 Å². The third-order valence-electron chi connectivity index (χ3n) is 3.55. The van der Waals surface area contributed by atoms with Gasteiger partial charge in [0.1, 0.15) is 18.0 Å². The van der Waals surface area contributed by atoms with E-state index in [1.54, 1.807) is 6.33 Å². The molecule has 0 bridgehead atoms. The van der Waals surface area contributed by atoms with Crippen LogP contribution in [0.1, 0.15) is 45.1 Å². The van der Waals surface area contributed by atoms with E-state index in [0.29, 0.717) is 5.92 Å². The number of aliphatic hydroxyl groups is 1. The number of hydrogen-bond donors (Lipinski definition) is 2. The van der Waals surface area contributed by atoms with E-state index in [1.807, 2.05) is 0 Å². The standard InChI is InChI=1S/C14H24N4O/c1-4-15-13-12(10(2)3)14(17-9-16-13)18-7-5-11(19)6-8-18/h9-11,19H,4-8H2,1-3H3,(H,15,16,17). The third kappa shape index (κ3) is 3.15. The van der Waals surface area contributed by atoms with Gasteiger partial charge < -0.3 is 15.3 Å². The molecule has 0 radical (unpaired) electrons. The molecule has 1 aliphatic heterocycles. The molecule has 1 aromatic rings. The van der Waals surface area contributed by atoms with Gasteiger partial charge in [0.15, 0.2) is 0 Å². The largest absolute Gasteiger partial charge is 0.393 e. The van der Waals surface area contributed by atoms with Crippen LogP contribution in [-0.4, -0.2) is 40.8 Å². The summed E-state index contributed by atoms with van der Waals surface area (Å²) in [6, 6.07) is 0. The molecule has 2 N–H and O–H groups in total. The van der Waals surface area contributed by atoms with E-state index in [2.05, 4.69) is 41.0 Å². The van der Waals surface area contributed by atoms with Crippen molar-refractivity contribution in [1.29, 1.82) is 0 Å². The molecule has 2 heterocycles.